The van der Waals surface area contributed by atoms with Gasteiger partial charge in [-0.2, -0.15) is 0 Å². The Morgan fingerprint density at radius 2 is 0.611 bits per heavy atom. The third-order valence-electron chi connectivity index (χ3n) is 4.67. The number of alkyl halides is 1. The lowest BCUT2D eigenvalue weighted by Gasteiger charge is -2.10. The maximum atomic E-state index is 5.52. The summed E-state index contributed by atoms with van der Waals surface area (Å²) in [6.07, 6.45) is 1.14. The van der Waals surface area contributed by atoms with Crippen LogP contribution in [0.15, 0.2) is 0 Å². The summed E-state index contributed by atoms with van der Waals surface area (Å²) in [7, 11) is 0. The minimum Gasteiger partial charge on any atom is -0.379 e. The molecule has 0 N–H and O–H groups in total. The summed E-state index contributed by atoms with van der Waals surface area (Å²) in [5.41, 5.74) is 0. The Labute approximate surface area is 232 Å². The van der Waals surface area contributed by atoms with Gasteiger partial charge in [0.15, 0.2) is 0 Å². The van der Waals surface area contributed by atoms with E-state index in [4.69, 9.17) is 47.4 Å². The van der Waals surface area contributed by atoms with E-state index in [-0.39, 0.29) is 0 Å². The summed E-state index contributed by atoms with van der Waals surface area (Å²) >= 11 is 2.28. The summed E-state index contributed by atoms with van der Waals surface area (Å²) in [6.45, 7) is 16.0. The second-order valence-corrected chi connectivity index (χ2v) is 8.87. The second kappa shape index (κ2) is 33.4. The van der Waals surface area contributed by atoms with Crippen LogP contribution < -0.4 is 0 Å². The van der Waals surface area contributed by atoms with Crippen molar-refractivity contribution in [3.8, 4) is 0 Å². The van der Waals surface area contributed by atoms with Gasteiger partial charge in [-0.15, -0.1) is 0 Å². The van der Waals surface area contributed by atoms with E-state index >= 15 is 0 Å². The summed E-state index contributed by atoms with van der Waals surface area (Å²) in [5, 5.41) is 0. The van der Waals surface area contributed by atoms with Crippen LogP contribution in [-0.4, -0.2) is 137 Å². The Hall–Kier alpha value is 0.330. The van der Waals surface area contributed by atoms with Gasteiger partial charge in [-0.25, -0.2) is 0 Å². The van der Waals surface area contributed by atoms with Gasteiger partial charge >= 0.3 is 0 Å². The molecular weight excluding hydrogens is 587 g/mol. The van der Waals surface area contributed by atoms with Crippen LogP contribution in [0.2, 0.25) is 0 Å². The van der Waals surface area contributed by atoms with Crippen molar-refractivity contribution in [3.05, 3.63) is 0 Å². The highest BCUT2D eigenvalue weighted by Gasteiger charge is 1.98. The molecule has 0 aromatic heterocycles. The Morgan fingerprint density at radius 3 is 0.833 bits per heavy atom. The Balaban J connectivity index is 3.02. The van der Waals surface area contributed by atoms with Crippen LogP contribution in [0.4, 0.5) is 0 Å². The maximum absolute atomic E-state index is 5.52. The monoisotopic (exact) mass is 638 g/mol. The molecule has 0 heterocycles. The predicted octanol–water partition coefficient (Wildman–Crippen LogP) is 2.63. The highest BCUT2D eigenvalue weighted by Crippen LogP contribution is 2.00. The molecule has 0 bridgehead atoms. The zero-order valence-corrected chi connectivity index (χ0v) is 24.8. The molecule has 0 aliphatic carbocycles. The van der Waals surface area contributed by atoms with Gasteiger partial charge in [-0.05, 0) is 5.92 Å². The summed E-state index contributed by atoms with van der Waals surface area (Å²) < 4.78 is 55.4. The standard InChI is InChI=1S/C25H51IO10/c1-3-25(2)24-36-23-22-35-21-20-34-19-18-33-17-16-32-15-14-31-13-12-30-11-10-29-9-8-28-7-6-27-5-4-26/h25H,3-24H2,1-2H3. The van der Waals surface area contributed by atoms with E-state index in [1.165, 1.54) is 0 Å². The van der Waals surface area contributed by atoms with E-state index in [9.17, 15) is 0 Å². The molecule has 1 atom stereocenters. The summed E-state index contributed by atoms with van der Waals surface area (Å²) in [5.74, 6) is 0.603. The molecule has 0 saturated carbocycles. The van der Waals surface area contributed by atoms with Crippen molar-refractivity contribution in [2.24, 2.45) is 5.92 Å². The SMILES string of the molecule is CCC(C)COCCOCCOCCOCCOCCOCCOCCOCCOCCOCCI. The van der Waals surface area contributed by atoms with Crippen LogP contribution in [-0.2, 0) is 47.4 Å². The number of hydrogen-bond acceptors (Lipinski definition) is 10. The lowest BCUT2D eigenvalue weighted by molar-refractivity contribution is -0.0266. The molecule has 0 aromatic rings. The lowest BCUT2D eigenvalue weighted by Crippen LogP contribution is -2.15. The molecule has 0 spiro atoms. The molecule has 11 heteroatoms. The quantitative estimate of drug-likeness (QED) is 0.0623. The fourth-order valence-electron chi connectivity index (χ4n) is 2.44. The lowest BCUT2D eigenvalue weighted by atomic mass is 10.1. The molecule has 0 amide bonds. The van der Waals surface area contributed by atoms with Crippen molar-refractivity contribution in [1.82, 2.24) is 0 Å². The number of halogens is 1. The van der Waals surface area contributed by atoms with Gasteiger partial charge in [0.25, 0.3) is 0 Å². The van der Waals surface area contributed by atoms with E-state index in [0.717, 1.165) is 24.1 Å². The molecule has 0 aliphatic rings. The van der Waals surface area contributed by atoms with Gasteiger partial charge in [-0.1, -0.05) is 42.9 Å². The Kier molecular flexibility index (Phi) is 33.7. The summed E-state index contributed by atoms with van der Waals surface area (Å²) in [6, 6.07) is 0. The van der Waals surface area contributed by atoms with Gasteiger partial charge in [0.1, 0.15) is 0 Å². The molecule has 1 unspecified atom stereocenters. The third-order valence-corrected chi connectivity index (χ3v) is 5.11. The predicted molar refractivity (Wildman–Crippen MR) is 147 cm³/mol. The average Bonchev–Trinajstić information content (AvgIpc) is 2.89. The molecule has 0 radical (unpaired) electrons. The molecule has 10 nitrogen and oxygen atoms in total. The molecule has 218 valence electrons. The zero-order valence-electron chi connectivity index (χ0n) is 22.6. The van der Waals surface area contributed by atoms with E-state index in [2.05, 4.69) is 36.4 Å². The maximum Gasteiger partial charge on any atom is 0.0701 e. The zero-order chi connectivity index (χ0) is 26.2. The van der Waals surface area contributed by atoms with E-state index in [1.807, 2.05) is 0 Å². The second-order valence-electron chi connectivity index (χ2n) is 7.79. The molecule has 0 aromatic carbocycles. The number of hydrogen-bond donors (Lipinski definition) is 0. The van der Waals surface area contributed by atoms with Crippen molar-refractivity contribution >= 4 is 22.6 Å². The fourth-order valence-corrected chi connectivity index (χ4v) is 2.75. The third kappa shape index (κ3) is 32.4. The van der Waals surface area contributed by atoms with Gasteiger partial charge in [0, 0.05) is 11.0 Å². The smallest absolute Gasteiger partial charge is 0.0701 e. The minimum atomic E-state index is 0.532. The van der Waals surface area contributed by atoms with Crippen LogP contribution in [0.5, 0.6) is 0 Å². The number of rotatable bonds is 32. The van der Waals surface area contributed by atoms with E-state index < -0.39 is 0 Å². The van der Waals surface area contributed by atoms with Crippen molar-refractivity contribution in [2.45, 2.75) is 20.3 Å². The largest absolute Gasteiger partial charge is 0.379 e. The fraction of sp³-hybridized carbons (Fsp3) is 1.00. The average molecular weight is 639 g/mol. The first-order valence-electron chi connectivity index (χ1n) is 13.1. The first-order chi connectivity index (χ1) is 17.8. The molecule has 0 aliphatic heterocycles. The first kappa shape index (κ1) is 36.3. The topological polar surface area (TPSA) is 92.3 Å². The molecule has 0 saturated heterocycles. The normalized spacial score (nSPS) is 12.4. The van der Waals surface area contributed by atoms with Gasteiger partial charge in [0.2, 0.25) is 0 Å². The van der Waals surface area contributed by atoms with E-state index in [0.29, 0.717) is 125 Å². The van der Waals surface area contributed by atoms with Crippen LogP contribution in [0.25, 0.3) is 0 Å². The van der Waals surface area contributed by atoms with Gasteiger partial charge in [0.05, 0.1) is 126 Å². The van der Waals surface area contributed by atoms with Crippen LogP contribution in [0.1, 0.15) is 20.3 Å². The molecule has 0 fully saturated rings. The number of ether oxygens (including phenoxy) is 10. The molecular formula is C25H51IO10. The highest BCUT2D eigenvalue weighted by atomic mass is 127. The Morgan fingerprint density at radius 1 is 0.389 bits per heavy atom. The minimum absolute atomic E-state index is 0.532. The van der Waals surface area contributed by atoms with E-state index in [1.54, 1.807) is 0 Å². The van der Waals surface area contributed by atoms with Gasteiger partial charge < -0.3 is 47.4 Å². The molecule has 36 heavy (non-hydrogen) atoms. The van der Waals surface area contributed by atoms with Crippen LogP contribution in [0, 0.1) is 5.92 Å². The van der Waals surface area contributed by atoms with Crippen molar-refractivity contribution in [2.75, 3.05) is 137 Å². The van der Waals surface area contributed by atoms with Crippen molar-refractivity contribution < 1.29 is 47.4 Å². The van der Waals surface area contributed by atoms with Crippen LogP contribution in [0.3, 0.4) is 0 Å². The first-order valence-corrected chi connectivity index (χ1v) is 14.7. The van der Waals surface area contributed by atoms with Crippen LogP contribution >= 0.6 is 22.6 Å². The highest BCUT2D eigenvalue weighted by molar-refractivity contribution is 14.1. The van der Waals surface area contributed by atoms with Crippen molar-refractivity contribution in [3.63, 3.8) is 0 Å². The molecule has 0 rings (SSSR count). The van der Waals surface area contributed by atoms with Gasteiger partial charge in [-0.3, -0.25) is 0 Å². The Bertz CT molecular complexity index is 396. The van der Waals surface area contributed by atoms with Crippen molar-refractivity contribution in [1.29, 1.82) is 0 Å². The summed E-state index contributed by atoms with van der Waals surface area (Å²) in [4.78, 5) is 0.